The molecule has 0 heterocycles. The molecule has 0 bridgehead atoms. The van der Waals surface area contributed by atoms with E-state index in [1.54, 1.807) is 11.8 Å². The molecule has 1 atom stereocenters. The molecule has 2 rings (SSSR count). The van der Waals surface area contributed by atoms with Gasteiger partial charge in [-0.1, -0.05) is 29.8 Å². The lowest BCUT2D eigenvalue weighted by molar-refractivity contribution is -0.885. The van der Waals surface area contributed by atoms with Crippen LogP contribution in [0.2, 0.25) is 5.02 Å². The van der Waals surface area contributed by atoms with E-state index in [4.69, 9.17) is 11.6 Å². The number of rotatable bonds is 6. The fourth-order valence-corrected chi connectivity index (χ4v) is 3.46. The normalized spacial score (nSPS) is 12.0. The summed E-state index contributed by atoms with van der Waals surface area (Å²) >= 11 is 7.98. The van der Waals surface area contributed by atoms with Gasteiger partial charge in [0, 0.05) is 10.5 Å². The number of hydrogen-bond acceptors (Lipinski definition) is 2. The lowest BCUT2D eigenvalue weighted by Crippen LogP contribution is -3.08. The van der Waals surface area contributed by atoms with Gasteiger partial charge in [-0.25, -0.2) is 0 Å². The summed E-state index contributed by atoms with van der Waals surface area (Å²) in [7, 11) is 2.02. The number of benzene rings is 2. The van der Waals surface area contributed by atoms with Crippen molar-refractivity contribution in [3.63, 3.8) is 0 Å². The van der Waals surface area contributed by atoms with Gasteiger partial charge in [-0.15, -0.1) is 11.8 Å². The van der Waals surface area contributed by atoms with Crippen molar-refractivity contribution in [1.29, 1.82) is 0 Å². The van der Waals surface area contributed by atoms with Crippen LogP contribution in [-0.2, 0) is 11.3 Å². The second kappa shape index (κ2) is 8.56. The maximum Gasteiger partial charge on any atom is 0.279 e. The number of aryl methyl sites for hydroxylation is 2. The summed E-state index contributed by atoms with van der Waals surface area (Å²) in [6.07, 6.45) is 2.06. The average Bonchev–Trinajstić information content (AvgIpc) is 2.51. The molecule has 0 fully saturated rings. The summed E-state index contributed by atoms with van der Waals surface area (Å²) in [5.41, 5.74) is 4.01. The molecule has 0 saturated carbocycles. The van der Waals surface area contributed by atoms with Gasteiger partial charge in [0.1, 0.15) is 6.54 Å². The van der Waals surface area contributed by atoms with Crippen LogP contribution in [0.25, 0.3) is 0 Å². The van der Waals surface area contributed by atoms with Crippen molar-refractivity contribution in [3.8, 4) is 0 Å². The number of likely N-dealkylation sites (N-methyl/N-ethyl adjacent to an activating group) is 1. The number of nitrogens with one attached hydrogen (secondary N) is 2. The molecule has 2 aromatic carbocycles. The van der Waals surface area contributed by atoms with Crippen LogP contribution in [-0.4, -0.2) is 25.8 Å². The van der Waals surface area contributed by atoms with Gasteiger partial charge in [0.2, 0.25) is 0 Å². The fraction of sp³-hybridized carbons (Fsp3) is 0.316. The summed E-state index contributed by atoms with van der Waals surface area (Å²) in [6.45, 7) is 5.15. The van der Waals surface area contributed by atoms with E-state index in [0.29, 0.717) is 17.3 Å². The number of carbonyl (C=O) groups is 1. The predicted molar refractivity (Wildman–Crippen MR) is 103 cm³/mol. The molecule has 1 amide bonds. The molecule has 0 saturated heterocycles. The highest BCUT2D eigenvalue weighted by Crippen LogP contribution is 2.27. The number of hydrogen-bond donors (Lipinski definition) is 2. The summed E-state index contributed by atoms with van der Waals surface area (Å²) in [5.74, 6) is -0.0258. The smallest absolute Gasteiger partial charge is 0.279 e. The minimum atomic E-state index is -0.0258. The first-order valence-corrected chi connectivity index (χ1v) is 9.50. The number of carbonyl (C=O) groups excluding carboxylic acids is 1. The van der Waals surface area contributed by atoms with Gasteiger partial charge in [-0.05, 0) is 49.4 Å². The Balaban J connectivity index is 1.94. The van der Waals surface area contributed by atoms with E-state index >= 15 is 0 Å². The second-order valence-electron chi connectivity index (χ2n) is 6.15. The first-order valence-electron chi connectivity index (χ1n) is 7.90. The maximum absolute atomic E-state index is 12.3. The van der Waals surface area contributed by atoms with Crippen molar-refractivity contribution in [2.75, 3.05) is 25.2 Å². The molecule has 1 unspecified atom stereocenters. The Morgan fingerprint density at radius 2 is 1.88 bits per heavy atom. The molecule has 0 aliphatic carbocycles. The summed E-state index contributed by atoms with van der Waals surface area (Å²) in [4.78, 5) is 14.7. The van der Waals surface area contributed by atoms with Crippen molar-refractivity contribution in [1.82, 2.24) is 0 Å². The first-order chi connectivity index (χ1) is 11.4. The average molecular weight is 364 g/mol. The zero-order valence-corrected chi connectivity index (χ0v) is 16.1. The Bertz CT molecular complexity index is 693. The monoisotopic (exact) mass is 363 g/mol. The van der Waals surface area contributed by atoms with Gasteiger partial charge in [0.05, 0.1) is 17.8 Å². The molecule has 3 nitrogen and oxygen atoms in total. The van der Waals surface area contributed by atoms with Crippen molar-refractivity contribution in [3.05, 3.63) is 58.1 Å². The molecule has 5 heteroatoms. The van der Waals surface area contributed by atoms with Crippen LogP contribution in [0.5, 0.6) is 0 Å². The molecule has 0 aliphatic rings. The van der Waals surface area contributed by atoms with E-state index < -0.39 is 0 Å². The standard InChI is InChI=1S/C19H23ClN2OS/c1-13-9-14(2)19(17(20)10-13)21-18(23)12-22(3)11-15-5-7-16(24-4)8-6-15/h5-10H,11-12H2,1-4H3,(H,21,23)/p+1. The third kappa shape index (κ3) is 5.26. The topological polar surface area (TPSA) is 33.5 Å². The number of halogens is 1. The van der Waals surface area contributed by atoms with Crippen LogP contribution in [0, 0.1) is 13.8 Å². The molecule has 2 aromatic rings. The molecule has 0 aliphatic heterocycles. The lowest BCUT2D eigenvalue weighted by atomic mass is 10.1. The third-order valence-electron chi connectivity index (χ3n) is 3.82. The minimum Gasteiger partial charge on any atom is -0.326 e. The maximum atomic E-state index is 12.3. The first kappa shape index (κ1) is 18.8. The van der Waals surface area contributed by atoms with Crippen LogP contribution in [0.15, 0.2) is 41.3 Å². The highest BCUT2D eigenvalue weighted by molar-refractivity contribution is 7.98. The van der Waals surface area contributed by atoms with Crippen LogP contribution < -0.4 is 10.2 Å². The lowest BCUT2D eigenvalue weighted by Gasteiger charge is -2.16. The molecule has 24 heavy (non-hydrogen) atoms. The zero-order valence-electron chi connectivity index (χ0n) is 14.6. The molecule has 2 N–H and O–H groups in total. The zero-order chi connectivity index (χ0) is 17.7. The van der Waals surface area contributed by atoms with Crippen LogP contribution in [0.3, 0.4) is 0 Å². The number of thioether (sulfide) groups is 1. The van der Waals surface area contributed by atoms with Crippen LogP contribution in [0.1, 0.15) is 16.7 Å². The summed E-state index contributed by atoms with van der Waals surface area (Å²) in [5, 5.41) is 3.53. The van der Waals surface area contributed by atoms with Crippen molar-refractivity contribution in [2.24, 2.45) is 0 Å². The summed E-state index contributed by atoms with van der Waals surface area (Å²) < 4.78 is 0. The Kier molecular flexibility index (Phi) is 6.72. The quantitative estimate of drug-likeness (QED) is 0.772. The Labute approximate surface area is 153 Å². The van der Waals surface area contributed by atoms with Crippen molar-refractivity contribution < 1.29 is 9.69 Å². The van der Waals surface area contributed by atoms with E-state index in [2.05, 4.69) is 35.8 Å². The van der Waals surface area contributed by atoms with E-state index in [0.717, 1.165) is 22.6 Å². The van der Waals surface area contributed by atoms with E-state index in [-0.39, 0.29) is 5.91 Å². The van der Waals surface area contributed by atoms with Crippen molar-refractivity contribution in [2.45, 2.75) is 25.3 Å². The van der Waals surface area contributed by atoms with Gasteiger partial charge < -0.3 is 10.2 Å². The van der Waals surface area contributed by atoms with Crippen molar-refractivity contribution >= 4 is 35.0 Å². The Hall–Kier alpha value is -1.49. The van der Waals surface area contributed by atoms with Crippen LogP contribution >= 0.6 is 23.4 Å². The number of anilines is 1. The SMILES string of the molecule is CSc1ccc(C[NH+](C)CC(=O)Nc2c(C)cc(C)cc2Cl)cc1. The minimum absolute atomic E-state index is 0.0258. The fourth-order valence-electron chi connectivity index (χ4n) is 2.69. The van der Waals surface area contributed by atoms with Gasteiger partial charge in [-0.3, -0.25) is 4.79 Å². The molecular weight excluding hydrogens is 340 g/mol. The largest absolute Gasteiger partial charge is 0.326 e. The molecular formula is C19H24ClN2OS+. The summed E-state index contributed by atoms with van der Waals surface area (Å²) in [6, 6.07) is 12.4. The van der Waals surface area contributed by atoms with Gasteiger partial charge in [0.15, 0.2) is 6.54 Å². The van der Waals surface area contributed by atoms with Crippen LogP contribution in [0.4, 0.5) is 5.69 Å². The highest BCUT2D eigenvalue weighted by Gasteiger charge is 2.14. The van der Waals surface area contributed by atoms with E-state index in [9.17, 15) is 4.79 Å². The predicted octanol–water partition coefficient (Wildman–Crippen LogP) is 3.33. The molecule has 128 valence electrons. The Morgan fingerprint density at radius 1 is 1.21 bits per heavy atom. The van der Waals surface area contributed by atoms with E-state index in [1.165, 1.54) is 10.5 Å². The molecule has 0 aromatic heterocycles. The number of quaternary nitrogens is 1. The van der Waals surface area contributed by atoms with E-state index in [1.807, 2.05) is 33.0 Å². The third-order valence-corrected chi connectivity index (χ3v) is 4.87. The molecule has 0 radical (unpaired) electrons. The van der Waals surface area contributed by atoms with Gasteiger partial charge >= 0.3 is 0 Å². The second-order valence-corrected chi connectivity index (χ2v) is 7.43. The highest BCUT2D eigenvalue weighted by atomic mass is 35.5. The van der Waals surface area contributed by atoms with Gasteiger partial charge in [0.25, 0.3) is 5.91 Å². The Morgan fingerprint density at radius 3 is 2.46 bits per heavy atom. The molecule has 0 spiro atoms. The number of amides is 1. The van der Waals surface area contributed by atoms with Gasteiger partial charge in [-0.2, -0.15) is 0 Å².